The second-order valence-corrected chi connectivity index (χ2v) is 6.72. The second kappa shape index (κ2) is 6.01. The SMILES string of the molecule is Cc1c(C)c(C)c(-c2c(O)c(Cl)c(Cl)c(Cl)c2Cl)c(O)c1C. The Kier molecular flexibility index (Phi) is 4.79. The highest BCUT2D eigenvalue weighted by Crippen LogP contribution is 2.53. The lowest BCUT2D eigenvalue weighted by atomic mass is 9.89. The van der Waals surface area contributed by atoms with E-state index in [0.717, 1.165) is 16.7 Å². The van der Waals surface area contributed by atoms with E-state index in [2.05, 4.69) is 0 Å². The Labute approximate surface area is 149 Å². The largest absolute Gasteiger partial charge is 0.507 e. The van der Waals surface area contributed by atoms with Gasteiger partial charge >= 0.3 is 0 Å². The maximum atomic E-state index is 10.5. The average molecular weight is 380 g/mol. The van der Waals surface area contributed by atoms with Crippen LogP contribution in [0.3, 0.4) is 0 Å². The van der Waals surface area contributed by atoms with Crippen molar-refractivity contribution in [3.63, 3.8) is 0 Å². The lowest BCUT2D eigenvalue weighted by Gasteiger charge is -2.20. The first kappa shape index (κ1) is 17.6. The Balaban J connectivity index is 3.03. The summed E-state index contributed by atoms with van der Waals surface area (Å²) in [5, 5.41) is 20.9. The molecular formula is C16H14Cl4O2. The van der Waals surface area contributed by atoms with Crippen molar-refractivity contribution in [3.05, 3.63) is 42.3 Å². The number of halogens is 4. The highest BCUT2D eigenvalue weighted by Gasteiger charge is 2.26. The van der Waals surface area contributed by atoms with Crippen LogP contribution in [0.25, 0.3) is 11.1 Å². The van der Waals surface area contributed by atoms with Crippen LogP contribution in [0, 0.1) is 27.7 Å². The molecule has 0 aromatic heterocycles. The van der Waals surface area contributed by atoms with E-state index in [4.69, 9.17) is 46.4 Å². The fraction of sp³-hybridized carbons (Fsp3) is 0.250. The third kappa shape index (κ3) is 2.43. The molecule has 0 unspecified atom stereocenters. The van der Waals surface area contributed by atoms with Gasteiger partial charge in [-0.1, -0.05) is 46.4 Å². The number of rotatable bonds is 1. The summed E-state index contributed by atoms with van der Waals surface area (Å²) in [6, 6.07) is 0. The number of benzene rings is 2. The Morgan fingerprint density at radius 1 is 0.500 bits per heavy atom. The third-order valence-electron chi connectivity index (χ3n) is 4.15. The zero-order valence-electron chi connectivity index (χ0n) is 12.4. The van der Waals surface area contributed by atoms with Crippen LogP contribution < -0.4 is 0 Å². The monoisotopic (exact) mass is 378 g/mol. The van der Waals surface area contributed by atoms with E-state index in [1.165, 1.54) is 0 Å². The summed E-state index contributed by atoms with van der Waals surface area (Å²) >= 11 is 24.3. The van der Waals surface area contributed by atoms with Crippen LogP contribution in [0.1, 0.15) is 22.3 Å². The Morgan fingerprint density at radius 3 is 1.50 bits per heavy atom. The van der Waals surface area contributed by atoms with Gasteiger partial charge < -0.3 is 10.2 Å². The molecule has 0 aliphatic heterocycles. The summed E-state index contributed by atoms with van der Waals surface area (Å²) in [5.74, 6) is -0.269. The van der Waals surface area contributed by atoms with Gasteiger partial charge in [-0.2, -0.15) is 0 Å². The third-order valence-corrected chi connectivity index (χ3v) is 5.94. The van der Waals surface area contributed by atoms with Crippen molar-refractivity contribution >= 4 is 46.4 Å². The topological polar surface area (TPSA) is 40.5 Å². The molecule has 0 bridgehead atoms. The van der Waals surface area contributed by atoms with E-state index in [9.17, 15) is 10.2 Å². The fourth-order valence-electron chi connectivity index (χ4n) is 2.45. The molecule has 0 amide bonds. The minimum Gasteiger partial charge on any atom is -0.507 e. The van der Waals surface area contributed by atoms with Gasteiger partial charge in [-0.25, -0.2) is 0 Å². The standard InChI is InChI=1S/C16H14Cl4O2/c1-5-6(2)8(4)15(21)9(7(5)3)10-11(17)12(18)13(19)14(20)16(10)22/h21-22H,1-4H3. The highest BCUT2D eigenvalue weighted by molar-refractivity contribution is 6.53. The molecule has 0 aliphatic carbocycles. The van der Waals surface area contributed by atoms with Crippen LogP contribution in [0.4, 0.5) is 0 Å². The molecule has 0 fully saturated rings. The van der Waals surface area contributed by atoms with Gasteiger partial charge in [-0.3, -0.25) is 0 Å². The van der Waals surface area contributed by atoms with Gasteiger partial charge in [0.1, 0.15) is 16.5 Å². The molecule has 0 radical (unpaired) electrons. The summed E-state index contributed by atoms with van der Waals surface area (Å²) in [6.45, 7) is 7.49. The molecule has 2 rings (SSSR count). The Bertz CT molecular complexity index is 672. The van der Waals surface area contributed by atoms with Gasteiger partial charge in [-0.15, -0.1) is 0 Å². The van der Waals surface area contributed by atoms with E-state index >= 15 is 0 Å². The molecule has 0 saturated heterocycles. The lowest BCUT2D eigenvalue weighted by molar-refractivity contribution is 0.466. The maximum absolute atomic E-state index is 10.5. The molecule has 2 nitrogen and oxygen atoms in total. The number of phenolic OH excluding ortho intramolecular Hbond substituents is 2. The van der Waals surface area contributed by atoms with Crippen LogP contribution in [0.5, 0.6) is 11.5 Å². The number of phenols is 2. The molecular weight excluding hydrogens is 366 g/mol. The fourth-order valence-corrected chi connectivity index (χ4v) is 3.38. The van der Waals surface area contributed by atoms with Crippen LogP contribution >= 0.6 is 46.4 Å². The highest BCUT2D eigenvalue weighted by atomic mass is 35.5. The predicted octanol–water partition coefficient (Wildman–Crippen LogP) is 6.61. The van der Waals surface area contributed by atoms with Gasteiger partial charge in [0.15, 0.2) is 0 Å². The summed E-state index contributed by atoms with van der Waals surface area (Å²) in [5.41, 5.74) is 4.04. The quantitative estimate of drug-likeness (QED) is 0.432. The van der Waals surface area contributed by atoms with Gasteiger partial charge in [-0.05, 0) is 49.9 Å². The second-order valence-electron chi connectivity index (χ2n) is 5.20. The van der Waals surface area contributed by atoms with Crippen molar-refractivity contribution in [2.45, 2.75) is 27.7 Å². The number of aromatic hydroxyl groups is 2. The van der Waals surface area contributed by atoms with Crippen LogP contribution in [-0.2, 0) is 0 Å². The predicted molar refractivity (Wildman–Crippen MR) is 94.2 cm³/mol. The van der Waals surface area contributed by atoms with Crippen molar-refractivity contribution in [2.75, 3.05) is 0 Å². The van der Waals surface area contributed by atoms with E-state index in [-0.39, 0.29) is 37.2 Å². The van der Waals surface area contributed by atoms with Crippen LogP contribution in [-0.4, -0.2) is 10.2 Å². The van der Waals surface area contributed by atoms with Crippen molar-refractivity contribution in [3.8, 4) is 22.6 Å². The zero-order chi connectivity index (χ0) is 16.9. The Hall–Kier alpha value is -0.800. The molecule has 0 aliphatic rings. The minimum atomic E-state index is -0.304. The maximum Gasteiger partial charge on any atom is 0.145 e. The molecule has 2 aromatic rings. The molecule has 2 N–H and O–H groups in total. The minimum absolute atomic E-state index is 0.0210. The molecule has 2 aromatic carbocycles. The van der Waals surface area contributed by atoms with Gasteiger partial charge in [0.25, 0.3) is 0 Å². The zero-order valence-corrected chi connectivity index (χ0v) is 15.4. The number of hydrogen-bond acceptors (Lipinski definition) is 2. The van der Waals surface area contributed by atoms with Crippen LogP contribution in [0.2, 0.25) is 20.1 Å². The van der Waals surface area contributed by atoms with Crippen molar-refractivity contribution in [1.82, 2.24) is 0 Å². The van der Waals surface area contributed by atoms with E-state index in [1.54, 1.807) is 6.92 Å². The first-order valence-electron chi connectivity index (χ1n) is 6.45. The molecule has 118 valence electrons. The first-order chi connectivity index (χ1) is 10.1. The average Bonchev–Trinajstić information content (AvgIpc) is 2.50. The summed E-state index contributed by atoms with van der Waals surface area (Å²) in [7, 11) is 0. The van der Waals surface area contributed by atoms with E-state index < -0.39 is 0 Å². The Morgan fingerprint density at radius 2 is 0.955 bits per heavy atom. The van der Waals surface area contributed by atoms with E-state index in [1.807, 2.05) is 20.8 Å². The molecule has 0 spiro atoms. The van der Waals surface area contributed by atoms with E-state index in [0.29, 0.717) is 11.1 Å². The lowest BCUT2D eigenvalue weighted by Crippen LogP contribution is -1.97. The summed E-state index contributed by atoms with van der Waals surface area (Å²) in [4.78, 5) is 0. The summed E-state index contributed by atoms with van der Waals surface area (Å²) < 4.78 is 0. The van der Waals surface area contributed by atoms with Gasteiger partial charge in [0.05, 0.1) is 15.1 Å². The summed E-state index contributed by atoms with van der Waals surface area (Å²) in [6.07, 6.45) is 0. The van der Waals surface area contributed by atoms with Gasteiger partial charge in [0, 0.05) is 11.1 Å². The molecule has 0 saturated carbocycles. The van der Waals surface area contributed by atoms with Gasteiger partial charge in [0.2, 0.25) is 0 Å². The molecule has 0 atom stereocenters. The smallest absolute Gasteiger partial charge is 0.145 e. The molecule has 22 heavy (non-hydrogen) atoms. The molecule has 6 heteroatoms. The van der Waals surface area contributed by atoms with Crippen molar-refractivity contribution in [1.29, 1.82) is 0 Å². The number of hydrogen-bond donors (Lipinski definition) is 2. The van der Waals surface area contributed by atoms with Crippen LogP contribution in [0.15, 0.2) is 0 Å². The molecule has 0 heterocycles. The first-order valence-corrected chi connectivity index (χ1v) is 7.97. The van der Waals surface area contributed by atoms with Crippen molar-refractivity contribution in [2.24, 2.45) is 0 Å². The normalized spacial score (nSPS) is 11.1. The van der Waals surface area contributed by atoms with Crippen molar-refractivity contribution < 1.29 is 10.2 Å².